The summed E-state index contributed by atoms with van der Waals surface area (Å²) in [5.74, 6) is -2.22. The van der Waals surface area contributed by atoms with Crippen LogP contribution in [-0.4, -0.2) is 36.4 Å². The first-order valence-electron chi connectivity index (χ1n) is 5.64. The molecule has 0 spiro atoms. The summed E-state index contributed by atoms with van der Waals surface area (Å²) in [6.45, 7) is 0.0480. The number of carboxylic acid groups (broad SMARTS) is 1. The Labute approximate surface area is 128 Å². The van der Waals surface area contributed by atoms with Gasteiger partial charge in [0.25, 0.3) is 0 Å². The molecule has 0 bridgehead atoms. The molecule has 20 heavy (non-hydrogen) atoms. The lowest BCUT2D eigenvalue weighted by molar-refractivity contribution is -0.140. The second-order valence-corrected chi connectivity index (χ2v) is 7.43. The third-order valence-electron chi connectivity index (χ3n) is 3.05. The second-order valence-electron chi connectivity index (χ2n) is 4.31. The summed E-state index contributed by atoms with van der Waals surface area (Å²) in [6.07, 6.45) is 0.627. The van der Waals surface area contributed by atoms with Crippen molar-refractivity contribution in [3.05, 3.63) is 27.4 Å². The zero-order chi connectivity index (χ0) is 15.1. The molecule has 1 atom stereocenters. The molecular weight excluding hydrogens is 377 g/mol. The number of benzene rings is 1. The van der Waals surface area contributed by atoms with Gasteiger partial charge in [-0.3, -0.25) is 4.79 Å². The predicted octanol–water partition coefficient (Wildman–Crippen LogP) is 2.48. The van der Waals surface area contributed by atoms with E-state index in [4.69, 9.17) is 16.7 Å². The van der Waals surface area contributed by atoms with Crippen LogP contribution in [0.2, 0.25) is 5.02 Å². The Morgan fingerprint density at radius 2 is 2.15 bits per heavy atom. The molecule has 1 aromatic carbocycles. The van der Waals surface area contributed by atoms with E-state index < -0.39 is 32.7 Å². The maximum atomic E-state index is 13.9. The lowest BCUT2D eigenvalue weighted by Gasteiger charge is -2.21. The predicted molar refractivity (Wildman–Crippen MR) is 73.7 cm³/mol. The highest BCUT2D eigenvalue weighted by Gasteiger charge is 2.40. The smallest absolute Gasteiger partial charge is 0.322 e. The quantitative estimate of drug-likeness (QED) is 0.810. The van der Waals surface area contributed by atoms with Crippen molar-refractivity contribution in [2.24, 2.45) is 0 Å². The molecule has 1 saturated heterocycles. The van der Waals surface area contributed by atoms with Gasteiger partial charge in [0.15, 0.2) is 0 Å². The molecule has 1 N–H and O–H groups in total. The molecule has 0 saturated carbocycles. The van der Waals surface area contributed by atoms with Gasteiger partial charge in [-0.15, -0.1) is 0 Å². The van der Waals surface area contributed by atoms with Crippen LogP contribution in [0.1, 0.15) is 12.8 Å². The van der Waals surface area contributed by atoms with Crippen LogP contribution >= 0.6 is 27.5 Å². The molecule has 0 radical (unpaired) electrons. The van der Waals surface area contributed by atoms with Crippen LogP contribution in [0.25, 0.3) is 0 Å². The summed E-state index contributed by atoms with van der Waals surface area (Å²) in [6, 6.07) is 0.760. The second kappa shape index (κ2) is 5.59. The highest BCUT2D eigenvalue weighted by atomic mass is 79.9. The van der Waals surface area contributed by atoms with Crippen LogP contribution < -0.4 is 0 Å². The molecule has 1 heterocycles. The number of aliphatic carboxylic acids is 1. The van der Waals surface area contributed by atoms with Gasteiger partial charge in [0, 0.05) is 11.0 Å². The molecule has 9 heteroatoms. The first kappa shape index (κ1) is 15.7. The van der Waals surface area contributed by atoms with Gasteiger partial charge in [0.05, 0.1) is 5.02 Å². The molecule has 0 aliphatic carbocycles. The van der Waals surface area contributed by atoms with Crippen molar-refractivity contribution in [3.63, 3.8) is 0 Å². The Morgan fingerprint density at radius 1 is 1.50 bits per heavy atom. The minimum atomic E-state index is -4.23. The Hall–Kier alpha value is -0.700. The highest BCUT2D eigenvalue weighted by molar-refractivity contribution is 9.10. The van der Waals surface area contributed by atoms with Crippen LogP contribution in [0.15, 0.2) is 21.5 Å². The van der Waals surface area contributed by atoms with Crippen LogP contribution in [0.3, 0.4) is 0 Å². The molecule has 1 aliphatic heterocycles. The normalized spacial score (nSPS) is 20.2. The topological polar surface area (TPSA) is 74.7 Å². The zero-order valence-electron chi connectivity index (χ0n) is 10.0. The number of sulfonamides is 1. The third kappa shape index (κ3) is 2.69. The molecule has 0 unspecified atom stereocenters. The van der Waals surface area contributed by atoms with Crippen LogP contribution in [0.4, 0.5) is 4.39 Å². The van der Waals surface area contributed by atoms with E-state index >= 15 is 0 Å². The zero-order valence-corrected chi connectivity index (χ0v) is 13.2. The Morgan fingerprint density at radius 3 is 2.75 bits per heavy atom. The largest absolute Gasteiger partial charge is 0.480 e. The number of carboxylic acids is 1. The number of halogens is 3. The number of nitrogens with zero attached hydrogens (tertiary/aromatic N) is 1. The number of carbonyl (C=O) groups is 1. The lowest BCUT2D eigenvalue weighted by Crippen LogP contribution is -2.40. The van der Waals surface area contributed by atoms with Gasteiger partial charge in [-0.05, 0) is 40.9 Å². The van der Waals surface area contributed by atoms with Gasteiger partial charge in [-0.25, -0.2) is 12.8 Å². The van der Waals surface area contributed by atoms with Crippen LogP contribution in [-0.2, 0) is 14.8 Å². The van der Waals surface area contributed by atoms with E-state index in [1.807, 2.05) is 0 Å². The van der Waals surface area contributed by atoms with E-state index in [-0.39, 0.29) is 22.5 Å². The number of hydrogen-bond acceptors (Lipinski definition) is 3. The molecule has 2 rings (SSSR count). The van der Waals surface area contributed by atoms with Crippen molar-refractivity contribution in [3.8, 4) is 0 Å². The Balaban J connectivity index is 2.50. The van der Waals surface area contributed by atoms with Crippen molar-refractivity contribution < 1.29 is 22.7 Å². The fourth-order valence-electron chi connectivity index (χ4n) is 2.10. The van der Waals surface area contributed by atoms with Gasteiger partial charge in [-0.2, -0.15) is 4.31 Å². The summed E-state index contributed by atoms with van der Waals surface area (Å²) in [5, 5.41) is 9.07. The van der Waals surface area contributed by atoms with E-state index in [1.54, 1.807) is 0 Å². The first-order chi connectivity index (χ1) is 9.25. The van der Waals surface area contributed by atoms with Gasteiger partial charge in [-0.1, -0.05) is 11.6 Å². The molecule has 1 fully saturated rings. The SMILES string of the molecule is O=C(O)[C@H]1CCCN1S(=O)(=O)c1cc(Cl)c(Br)cc1F. The fraction of sp³-hybridized carbons (Fsp3) is 0.364. The maximum absolute atomic E-state index is 13.9. The Kier molecular flexibility index (Phi) is 4.38. The van der Waals surface area contributed by atoms with E-state index in [2.05, 4.69) is 15.9 Å². The Bertz CT molecular complexity index is 667. The summed E-state index contributed by atoms with van der Waals surface area (Å²) in [7, 11) is -4.23. The van der Waals surface area contributed by atoms with E-state index in [9.17, 15) is 17.6 Å². The number of rotatable bonds is 3. The van der Waals surface area contributed by atoms with Gasteiger partial charge < -0.3 is 5.11 Å². The molecule has 1 aromatic rings. The summed E-state index contributed by atoms with van der Waals surface area (Å²) < 4.78 is 39.7. The average Bonchev–Trinajstić information content (AvgIpc) is 2.83. The maximum Gasteiger partial charge on any atom is 0.322 e. The molecule has 0 amide bonds. The monoisotopic (exact) mass is 385 g/mol. The van der Waals surface area contributed by atoms with E-state index in [1.165, 1.54) is 0 Å². The van der Waals surface area contributed by atoms with Crippen molar-refractivity contribution in [2.45, 2.75) is 23.8 Å². The van der Waals surface area contributed by atoms with Gasteiger partial charge in [0.2, 0.25) is 10.0 Å². The first-order valence-corrected chi connectivity index (χ1v) is 8.25. The lowest BCUT2D eigenvalue weighted by atomic mass is 10.2. The van der Waals surface area contributed by atoms with Crippen molar-refractivity contribution in [2.75, 3.05) is 6.54 Å². The van der Waals surface area contributed by atoms with Crippen LogP contribution in [0, 0.1) is 5.82 Å². The van der Waals surface area contributed by atoms with Crippen LogP contribution in [0.5, 0.6) is 0 Å². The summed E-state index contributed by atoms with van der Waals surface area (Å²) >= 11 is 8.78. The minimum Gasteiger partial charge on any atom is -0.480 e. The molecule has 1 aliphatic rings. The standard InChI is InChI=1S/C11H10BrClFNO4S/c12-6-4-8(14)10(5-7(6)13)20(18,19)15-3-1-2-9(15)11(16)17/h4-5,9H,1-3H2,(H,16,17)/t9-/m1/s1. The average molecular weight is 387 g/mol. The fourth-order valence-corrected chi connectivity index (χ4v) is 4.37. The van der Waals surface area contributed by atoms with Gasteiger partial charge in [0.1, 0.15) is 16.8 Å². The highest BCUT2D eigenvalue weighted by Crippen LogP contribution is 2.32. The summed E-state index contributed by atoms with van der Waals surface area (Å²) in [4.78, 5) is 10.5. The number of hydrogen-bond donors (Lipinski definition) is 1. The third-order valence-corrected chi connectivity index (χ3v) is 6.17. The molecular formula is C11H10BrClFNO4S. The molecule has 5 nitrogen and oxygen atoms in total. The summed E-state index contributed by atoms with van der Waals surface area (Å²) in [5.41, 5.74) is 0. The van der Waals surface area contributed by atoms with E-state index in [0.717, 1.165) is 16.4 Å². The minimum absolute atomic E-state index is 0.0380. The van der Waals surface area contributed by atoms with Crippen molar-refractivity contribution in [1.29, 1.82) is 0 Å². The van der Waals surface area contributed by atoms with E-state index in [0.29, 0.717) is 6.42 Å². The molecule has 110 valence electrons. The molecule has 0 aromatic heterocycles. The van der Waals surface area contributed by atoms with Crippen molar-refractivity contribution >= 4 is 43.5 Å². The van der Waals surface area contributed by atoms with Gasteiger partial charge >= 0.3 is 5.97 Å². The van der Waals surface area contributed by atoms with Crippen molar-refractivity contribution in [1.82, 2.24) is 4.31 Å².